The van der Waals surface area contributed by atoms with Crippen molar-refractivity contribution in [2.45, 2.75) is 18.3 Å². The van der Waals surface area contributed by atoms with Crippen LogP contribution in [0.5, 0.6) is 0 Å². The molecule has 0 radical (unpaired) electrons. The number of hydrogen-bond acceptors (Lipinski definition) is 5. The van der Waals surface area contributed by atoms with E-state index in [1.165, 1.54) is 28.0 Å². The van der Waals surface area contributed by atoms with E-state index < -0.39 is 18.0 Å². The second-order valence-corrected chi connectivity index (χ2v) is 7.35. The molecule has 6 nitrogen and oxygen atoms in total. The number of amides is 2. The topological polar surface area (TPSA) is 82.5 Å². The van der Waals surface area contributed by atoms with Crippen molar-refractivity contribution < 1.29 is 14.7 Å². The van der Waals surface area contributed by atoms with Gasteiger partial charge in [-0.3, -0.25) is 10.2 Å². The first kappa shape index (κ1) is 13.6. The highest BCUT2D eigenvalue weighted by Crippen LogP contribution is 2.30. The number of thiazole rings is 1. The second kappa shape index (κ2) is 5.45. The highest BCUT2D eigenvalue weighted by Gasteiger charge is 2.39. The van der Waals surface area contributed by atoms with Gasteiger partial charge < -0.3 is 5.11 Å². The van der Waals surface area contributed by atoms with Gasteiger partial charge in [0.1, 0.15) is 6.04 Å². The number of aromatic nitrogens is 1. The number of carboxylic acids is 1. The summed E-state index contributed by atoms with van der Waals surface area (Å²) in [6, 6.07) is -1.21. The fourth-order valence-electron chi connectivity index (χ4n) is 1.61. The highest BCUT2D eigenvalue weighted by atomic mass is 79.9. The molecule has 2 heterocycles. The van der Waals surface area contributed by atoms with Gasteiger partial charge in [0.05, 0.1) is 15.4 Å². The zero-order valence-electron chi connectivity index (χ0n) is 9.29. The molecule has 2 rings (SSSR count). The Kier molecular flexibility index (Phi) is 4.13. The van der Waals surface area contributed by atoms with Crippen LogP contribution in [0.25, 0.3) is 0 Å². The van der Waals surface area contributed by atoms with Crippen molar-refractivity contribution in [1.82, 2.24) is 9.88 Å². The van der Waals surface area contributed by atoms with Crippen molar-refractivity contribution in [3.8, 4) is 0 Å². The molecule has 2 unspecified atom stereocenters. The van der Waals surface area contributed by atoms with Crippen LogP contribution in [0.3, 0.4) is 0 Å². The van der Waals surface area contributed by atoms with Gasteiger partial charge >= 0.3 is 12.0 Å². The first-order valence-electron chi connectivity index (χ1n) is 5.04. The van der Waals surface area contributed by atoms with Crippen LogP contribution in [0.4, 0.5) is 9.93 Å². The molecule has 1 fully saturated rings. The summed E-state index contributed by atoms with van der Waals surface area (Å²) in [7, 11) is 0. The van der Waals surface area contributed by atoms with Crippen LogP contribution in [0.1, 0.15) is 6.92 Å². The lowest BCUT2D eigenvalue weighted by molar-refractivity contribution is -0.141. The number of carbonyl (C=O) groups is 2. The molecule has 9 heteroatoms. The molecule has 1 aliphatic heterocycles. The van der Waals surface area contributed by atoms with Crippen molar-refractivity contribution in [2.24, 2.45) is 0 Å². The maximum absolute atomic E-state index is 12.0. The van der Waals surface area contributed by atoms with Crippen LogP contribution in [-0.2, 0) is 4.79 Å². The van der Waals surface area contributed by atoms with Crippen LogP contribution in [0.2, 0.25) is 0 Å². The smallest absolute Gasteiger partial charge is 0.327 e. The number of aliphatic carboxylic acids is 1. The van der Waals surface area contributed by atoms with Gasteiger partial charge in [-0.05, 0) is 22.9 Å². The summed E-state index contributed by atoms with van der Waals surface area (Å²) in [6.07, 6.45) is 1.58. The van der Waals surface area contributed by atoms with E-state index in [1.807, 2.05) is 6.92 Å². The maximum Gasteiger partial charge on any atom is 0.327 e. The molecule has 2 N–H and O–H groups in total. The predicted octanol–water partition coefficient (Wildman–Crippen LogP) is 2.29. The van der Waals surface area contributed by atoms with Gasteiger partial charge in [0.25, 0.3) is 0 Å². The Bertz CT molecular complexity index is 481. The number of anilines is 1. The normalized spacial score (nSPS) is 23.1. The number of hydrogen-bond donors (Lipinski definition) is 2. The Balaban J connectivity index is 2.09. The summed E-state index contributed by atoms with van der Waals surface area (Å²) in [5, 5.41) is 12.0. The number of thioether (sulfide) groups is 1. The lowest BCUT2D eigenvalue weighted by atomic mass is 10.3. The van der Waals surface area contributed by atoms with Crippen LogP contribution in [-0.4, -0.2) is 44.2 Å². The van der Waals surface area contributed by atoms with Crippen molar-refractivity contribution in [3.63, 3.8) is 0 Å². The lowest BCUT2D eigenvalue weighted by Crippen LogP contribution is -2.46. The average molecular weight is 352 g/mol. The van der Waals surface area contributed by atoms with E-state index in [1.54, 1.807) is 6.20 Å². The summed E-state index contributed by atoms with van der Waals surface area (Å²) < 4.78 is 0.802. The zero-order chi connectivity index (χ0) is 13.3. The van der Waals surface area contributed by atoms with Crippen LogP contribution in [0, 0.1) is 0 Å². The van der Waals surface area contributed by atoms with E-state index >= 15 is 0 Å². The summed E-state index contributed by atoms with van der Waals surface area (Å²) in [5.41, 5.74) is 0. The van der Waals surface area contributed by atoms with Crippen LogP contribution in [0.15, 0.2) is 9.98 Å². The number of urea groups is 1. The predicted molar refractivity (Wildman–Crippen MR) is 74.0 cm³/mol. The van der Waals surface area contributed by atoms with Gasteiger partial charge in [-0.2, -0.15) is 0 Å². The van der Waals surface area contributed by atoms with E-state index in [4.69, 9.17) is 5.11 Å². The molecule has 0 saturated carbocycles. The number of rotatable bonds is 2. The lowest BCUT2D eigenvalue weighted by Gasteiger charge is -2.24. The average Bonchev–Trinajstić information content (AvgIpc) is 2.85. The summed E-state index contributed by atoms with van der Waals surface area (Å²) in [5.74, 6) is -0.576. The molecule has 0 spiro atoms. The molecule has 1 saturated heterocycles. The molecular formula is C9H10BrN3O3S2. The fourth-order valence-corrected chi connectivity index (χ4v) is 3.87. The molecule has 0 bridgehead atoms. The minimum Gasteiger partial charge on any atom is -0.480 e. The molecule has 0 aliphatic carbocycles. The standard InChI is InChI=1S/C9H10BrN3O3S2/c1-4-13(5(3-17-4)7(14)15)9(16)12-8-11-2-6(10)18-8/h2,4-5H,3H2,1H3,(H,14,15)(H,11,12,16). The van der Waals surface area contributed by atoms with E-state index in [0.717, 1.165) is 3.79 Å². The quantitative estimate of drug-likeness (QED) is 0.853. The minimum atomic E-state index is -0.984. The number of halogens is 1. The molecule has 2 atom stereocenters. The molecule has 1 aliphatic rings. The van der Waals surface area contributed by atoms with Crippen molar-refractivity contribution in [1.29, 1.82) is 0 Å². The summed E-state index contributed by atoms with van der Waals surface area (Å²) in [4.78, 5) is 28.4. The number of carboxylic acid groups (broad SMARTS) is 1. The molecule has 98 valence electrons. The zero-order valence-corrected chi connectivity index (χ0v) is 12.5. The van der Waals surface area contributed by atoms with E-state index in [-0.39, 0.29) is 5.37 Å². The monoisotopic (exact) mass is 351 g/mol. The third-order valence-electron chi connectivity index (χ3n) is 2.43. The Morgan fingerprint density at radius 1 is 1.67 bits per heavy atom. The first-order valence-corrected chi connectivity index (χ1v) is 7.70. The largest absolute Gasteiger partial charge is 0.480 e. The summed E-state index contributed by atoms with van der Waals surface area (Å²) in [6.45, 7) is 1.81. The third-order valence-corrected chi connectivity index (χ3v) is 5.04. The third kappa shape index (κ3) is 2.78. The number of carbonyl (C=O) groups excluding carboxylic acids is 1. The summed E-state index contributed by atoms with van der Waals surface area (Å²) >= 11 is 5.97. The molecular weight excluding hydrogens is 342 g/mol. The van der Waals surface area contributed by atoms with E-state index in [9.17, 15) is 9.59 Å². The highest BCUT2D eigenvalue weighted by molar-refractivity contribution is 9.11. The molecule has 18 heavy (non-hydrogen) atoms. The SMILES string of the molecule is CC1SCC(C(=O)O)N1C(=O)Nc1ncc(Br)s1. The van der Waals surface area contributed by atoms with Gasteiger partial charge in [0.15, 0.2) is 5.13 Å². The van der Waals surface area contributed by atoms with Crippen LogP contribution < -0.4 is 5.32 Å². The Labute approximate surface area is 120 Å². The molecule has 0 aromatic carbocycles. The maximum atomic E-state index is 12.0. The van der Waals surface area contributed by atoms with Gasteiger partial charge in [-0.25, -0.2) is 14.6 Å². The molecule has 1 aromatic rings. The Morgan fingerprint density at radius 3 is 2.94 bits per heavy atom. The second-order valence-electron chi connectivity index (χ2n) is 3.59. The molecule has 1 aromatic heterocycles. The van der Waals surface area contributed by atoms with Crippen LogP contribution >= 0.6 is 39.0 Å². The fraction of sp³-hybridized carbons (Fsp3) is 0.444. The van der Waals surface area contributed by atoms with Gasteiger partial charge in [0, 0.05) is 5.75 Å². The van der Waals surface area contributed by atoms with Gasteiger partial charge in [-0.15, -0.1) is 11.8 Å². The van der Waals surface area contributed by atoms with Gasteiger partial charge in [-0.1, -0.05) is 11.3 Å². The molecule has 2 amide bonds. The minimum absolute atomic E-state index is 0.158. The van der Waals surface area contributed by atoms with E-state index in [2.05, 4.69) is 26.2 Å². The van der Waals surface area contributed by atoms with E-state index in [0.29, 0.717) is 10.9 Å². The number of nitrogens with zero attached hydrogens (tertiary/aromatic N) is 2. The van der Waals surface area contributed by atoms with Crippen molar-refractivity contribution in [2.75, 3.05) is 11.1 Å². The number of nitrogens with one attached hydrogen (secondary N) is 1. The van der Waals surface area contributed by atoms with Crippen molar-refractivity contribution >= 4 is 56.2 Å². The Morgan fingerprint density at radius 2 is 2.39 bits per heavy atom. The Hall–Kier alpha value is -0.800. The van der Waals surface area contributed by atoms with Gasteiger partial charge in [0.2, 0.25) is 0 Å². The first-order chi connectivity index (χ1) is 8.49. The van der Waals surface area contributed by atoms with Crippen molar-refractivity contribution in [3.05, 3.63) is 9.98 Å².